The number of carbonyl (C=O) groups is 1. The number of carbonyl (C=O) groups excluding carboxylic acids is 1. The van der Waals surface area contributed by atoms with Gasteiger partial charge in [0.15, 0.2) is 17.2 Å². The molecule has 1 aliphatic rings. The predicted octanol–water partition coefficient (Wildman–Crippen LogP) is 1.000. The third kappa shape index (κ3) is 4.62. The van der Waals surface area contributed by atoms with Gasteiger partial charge >= 0.3 is 0 Å². The van der Waals surface area contributed by atoms with Crippen molar-refractivity contribution in [3.8, 4) is 17.3 Å². The van der Waals surface area contributed by atoms with Crippen LogP contribution in [0.25, 0.3) is 5.82 Å². The minimum atomic E-state index is -0.517. The quantitative estimate of drug-likeness (QED) is 0.370. The number of nitrogens with two attached hydrogens (primary N) is 1. The molecular formula is C20H25N9O4. The second-order valence-electron chi connectivity index (χ2n) is 7.46. The minimum absolute atomic E-state index is 0.00770. The summed E-state index contributed by atoms with van der Waals surface area (Å²) in [6, 6.07) is 5.36. The highest BCUT2D eigenvalue weighted by Gasteiger charge is 2.27. The Bertz CT molecular complexity index is 1160. The highest BCUT2D eigenvalue weighted by atomic mass is 16.6. The normalized spacial score (nSPS) is 14.5. The molecule has 0 radical (unpaired) electrons. The molecule has 1 aliphatic heterocycles. The van der Waals surface area contributed by atoms with Crippen LogP contribution in [0.3, 0.4) is 0 Å². The molecule has 2 aromatic heterocycles. The molecule has 1 fully saturated rings. The second kappa shape index (κ2) is 9.65. The molecule has 3 N–H and O–H groups in total. The fourth-order valence-electron chi connectivity index (χ4n) is 3.60. The van der Waals surface area contributed by atoms with Crippen LogP contribution in [0.4, 0.5) is 5.82 Å². The number of likely N-dealkylation sites (tertiary alicyclic amines) is 1. The van der Waals surface area contributed by atoms with E-state index in [-0.39, 0.29) is 17.3 Å². The monoisotopic (exact) mass is 455 g/mol. The zero-order chi connectivity index (χ0) is 23.4. The number of nitrogen functional groups attached to an aromatic ring is 1. The van der Waals surface area contributed by atoms with E-state index in [1.807, 2.05) is 6.07 Å². The Hall–Kier alpha value is -4.00. The largest absolute Gasteiger partial charge is 0.493 e. The van der Waals surface area contributed by atoms with Gasteiger partial charge < -0.3 is 15.2 Å². The van der Waals surface area contributed by atoms with Crippen molar-refractivity contribution in [2.45, 2.75) is 26.3 Å². The molecule has 3 heterocycles. The van der Waals surface area contributed by atoms with Crippen molar-refractivity contribution in [3.05, 3.63) is 35.2 Å². The number of aromatic nitrogens is 5. The molecule has 33 heavy (non-hydrogen) atoms. The fraction of sp³-hybridized carbons (Fsp3) is 0.400. The topological polar surface area (TPSA) is 159 Å². The molecule has 0 spiro atoms. The van der Waals surface area contributed by atoms with Gasteiger partial charge in [0.05, 0.1) is 19.9 Å². The van der Waals surface area contributed by atoms with E-state index >= 15 is 0 Å². The van der Waals surface area contributed by atoms with Crippen LogP contribution in [0.2, 0.25) is 0 Å². The van der Waals surface area contributed by atoms with Gasteiger partial charge in [0.25, 0.3) is 5.91 Å². The second-order valence-corrected chi connectivity index (χ2v) is 7.46. The number of benzene rings is 1. The van der Waals surface area contributed by atoms with Gasteiger partial charge in [0.1, 0.15) is 5.69 Å². The first kappa shape index (κ1) is 22.2. The summed E-state index contributed by atoms with van der Waals surface area (Å²) in [6.07, 6.45) is 2.20. The molecule has 0 aliphatic carbocycles. The third-order valence-electron chi connectivity index (χ3n) is 5.35. The number of nitrogens with zero attached hydrogens (tertiary/aromatic N) is 7. The van der Waals surface area contributed by atoms with Crippen molar-refractivity contribution in [1.82, 2.24) is 35.6 Å². The van der Waals surface area contributed by atoms with Crippen LogP contribution in [-0.4, -0.2) is 69.1 Å². The Labute approximate surface area is 189 Å². The number of ether oxygens (including phenoxy) is 2. The molecule has 13 heteroatoms. The molecule has 3 aromatic rings. The van der Waals surface area contributed by atoms with Crippen molar-refractivity contribution in [2.75, 3.05) is 33.0 Å². The number of nitrogens with one attached hydrogen (secondary N) is 1. The van der Waals surface area contributed by atoms with Crippen molar-refractivity contribution < 1.29 is 18.9 Å². The Morgan fingerprint density at radius 2 is 1.97 bits per heavy atom. The Morgan fingerprint density at radius 1 is 1.21 bits per heavy atom. The first-order chi connectivity index (χ1) is 16.0. The summed E-state index contributed by atoms with van der Waals surface area (Å²) in [5.74, 6) is 0.711. The summed E-state index contributed by atoms with van der Waals surface area (Å²) in [6.45, 7) is 4.09. The van der Waals surface area contributed by atoms with Gasteiger partial charge in [-0.05, 0) is 61.4 Å². The SMILES string of the molecule is COc1ccc(/C(C)=N\NC(=O)c2c(CN3CCCC3)nnn2-c2nonc2N)cc1OC. The van der Waals surface area contributed by atoms with E-state index < -0.39 is 5.91 Å². The first-order valence-corrected chi connectivity index (χ1v) is 10.3. The predicted molar refractivity (Wildman–Crippen MR) is 117 cm³/mol. The van der Waals surface area contributed by atoms with E-state index in [0.29, 0.717) is 29.4 Å². The molecular weight excluding hydrogens is 430 g/mol. The lowest BCUT2D eigenvalue weighted by Gasteiger charge is -2.13. The number of hydrogen-bond acceptors (Lipinski definition) is 11. The maximum absolute atomic E-state index is 13.2. The standard InChI is InChI=1S/C20H25N9O4/c1-12(13-6-7-15(31-2)16(10-13)32-3)22-24-20(30)17-14(11-28-8-4-5-9-28)23-27-29(17)19-18(21)25-33-26-19/h6-7,10H,4-5,8-9,11H2,1-3H3,(H2,21,25)(H,24,30)/b22-12-. The molecule has 13 nitrogen and oxygen atoms in total. The van der Waals surface area contributed by atoms with Gasteiger partial charge in [-0.2, -0.15) is 9.78 Å². The number of hydrogen-bond donors (Lipinski definition) is 2. The molecule has 4 rings (SSSR count). The average molecular weight is 455 g/mol. The maximum atomic E-state index is 13.2. The fourth-order valence-corrected chi connectivity index (χ4v) is 3.60. The zero-order valence-electron chi connectivity index (χ0n) is 18.6. The number of methoxy groups -OCH3 is 2. The Kier molecular flexibility index (Phi) is 6.49. The van der Waals surface area contributed by atoms with E-state index in [1.165, 1.54) is 4.68 Å². The van der Waals surface area contributed by atoms with E-state index in [0.717, 1.165) is 31.5 Å². The van der Waals surface area contributed by atoms with Crippen LogP contribution >= 0.6 is 0 Å². The smallest absolute Gasteiger partial charge is 0.292 e. The summed E-state index contributed by atoms with van der Waals surface area (Å²) in [5.41, 5.74) is 10.3. The lowest BCUT2D eigenvalue weighted by molar-refractivity contribution is 0.0945. The van der Waals surface area contributed by atoms with Gasteiger partial charge in [0, 0.05) is 12.1 Å². The number of hydrazone groups is 1. The molecule has 1 aromatic carbocycles. The van der Waals surface area contributed by atoms with Crippen LogP contribution < -0.4 is 20.6 Å². The highest BCUT2D eigenvalue weighted by molar-refractivity contribution is 6.01. The summed E-state index contributed by atoms with van der Waals surface area (Å²) in [7, 11) is 3.11. The third-order valence-corrected chi connectivity index (χ3v) is 5.35. The van der Waals surface area contributed by atoms with Crippen LogP contribution in [0.15, 0.2) is 27.9 Å². The van der Waals surface area contributed by atoms with Crippen LogP contribution in [-0.2, 0) is 6.54 Å². The number of amides is 1. The van der Waals surface area contributed by atoms with Gasteiger partial charge in [-0.25, -0.2) is 10.1 Å². The Balaban J connectivity index is 1.61. The van der Waals surface area contributed by atoms with Gasteiger partial charge in [-0.3, -0.25) is 9.69 Å². The van der Waals surface area contributed by atoms with Crippen molar-refractivity contribution >= 4 is 17.4 Å². The lowest BCUT2D eigenvalue weighted by atomic mass is 10.1. The average Bonchev–Trinajstić information content (AvgIpc) is 3.58. The van der Waals surface area contributed by atoms with Crippen molar-refractivity contribution in [2.24, 2.45) is 5.10 Å². The first-order valence-electron chi connectivity index (χ1n) is 10.3. The summed E-state index contributed by atoms with van der Waals surface area (Å²) >= 11 is 0. The summed E-state index contributed by atoms with van der Waals surface area (Å²) < 4.78 is 16.5. The molecule has 0 bridgehead atoms. The van der Waals surface area contributed by atoms with Crippen LogP contribution in [0.1, 0.15) is 41.5 Å². The van der Waals surface area contributed by atoms with Crippen molar-refractivity contribution in [3.63, 3.8) is 0 Å². The zero-order valence-corrected chi connectivity index (χ0v) is 18.6. The molecule has 0 atom stereocenters. The van der Waals surface area contributed by atoms with E-state index in [1.54, 1.807) is 33.3 Å². The molecule has 0 unspecified atom stereocenters. The summed E-state index contributed by atoms with van der Waals surface area (Å²) in [5, 5.41) is 19.8. The molecule has 0 saturated carbocycles. The highest BCUT2D eigenvalue weighted by Crippen LogP contribution is 2.27. The Morgan fingerprint density at radius 3 is 2.64 bits per heavy atom. The molecule has 1 saturated heterocycles. The van der Waals surface area contributed by atoms with Crippen LogP contribution in [0, 0.1) is 0 Å². The summed E-state index contributed by atoms with van der Waals surface area (Å²) in [4.78, 5) is 15.4. The van der Waals surface area contributed by atoms with Crippen LogP contribution in [0.5, 0.6) is 11.5 Å². The minimum Gasteiger partial charge on any atom is -0.493 e. The van der Waals surface area contributed by atoms with Crippen molar-refractivity contribution in [1.29, 1.82) is 0 Å². The number of anilines is 1. The van der Waals surface area contributed by atoms with E-state index in [9.17, 15) is 4.79 Å². The maximum Gasteiger partial charge on any atom is 0.292 e. The van der Waals surface area contributed by atoms with Gasteiger partial charge in [-0.15, -0.1) is 5.10 Å². The van der Waals surface area contributed by atoms with Gasteiger partial charge in [0.2, 0.25) is 11.6 Å². The van der Waals surface area contributed by atoms with E-state index in [4.69, 9.17) is 15.2 Å². The molecule has 174 valence electrons. The number of rotatable bonds is 8. The lowest BCUT2D eigenvalue weighted by Crippen LogP contribution is -2.26. The van der Waals surface area contributed by atoms with E-state index in [2.05, 4.69) is 40.7 Å². The van der Waals surface area contributed by atoms with Gasteiger partial charge in [-0.1, -0.05) is 5.21 Å². The molecule has 1 amide bonds.